The van der Waals surface area contributed by atoms with E-state index in [4.69, 9.17) is 4.74 Å². The molecule has 0 aromatic heterocycles. The Morgan fingerprint density at radius 2 is 2.00 bits per heavy atom. The van der Waals surface area contributed by atoms with E-state index in [1.165, 1.54) is 5.56 Å². The second kappa shape index (κ2) is 10.5. The number of guanidine groups is 1. The Labute approximate surface area is 150 Å². The Morgan fingerprint density at radius 1 is 1.27 bits per heavy atom. The molecule has 2 N–H and O–H groups in total. The molecule has 0 radical (unpaired) electrons. The van der Waals surface area contributed by atoms with Gasteiger partial charge in [0.2, 0.25) is 0 Å². The minimum absolute atomic E-state index is 0. The van der Waals surface area contributed by atoms with Crippen molar-refractivity contribution in [2.75, 3.05) is 20.2 Å². The van der Waals surface area contributed by atoms with E-state index in [0.29, 0.717) is 12.6 Å². The molecule has 0 bridgehead atoms. The zero-order valence-electron chi connectivity index (χ0n) is 13.3. The monoisotopic (exact) mass is 415 g/mol. The van der Waals surface area contributed by atoms with Gasteiger partial charge in [0, 0.05) is 19.6 Å². The van der Waals surface area contributed by atoms with Crippen molar-refractivity contribution in [3.05, 3.63) is 42.0 Å². The lowest BCUT2D eigenvalue weighted by atomic mass is 10.2. The smallest absolute Gasteiger partial charge is 0.191 e. The molecule has 0 saturated heterocycles. The number of aryl methyl sites for hydroxylation is 1. The van der Waals surface area contributed by atoms with Crippen molar-refractivity contribution < 1.29 is 4.74 Å². The minimum atomic E-state index is 0. The summed E-state index contributed by atoms with van der Waals surface area (Å²) in [7, 11) is 1.81. The molecule has 5 heteroatoms. The summed E-state index contributed by atoms with van der Waals surface area (Å²) in [5.74, 6) is 1.84. The molecule has 0 spiro atoms. The summed E-state index contributed by atoms with van der Waals surface area (Å²) in [6.07, 6.45) is 7.52. The van der Waals surface area contributed by atoms with Crippen LogP contribution >= 0.6 is 24.0 Å². The van der Waals surface area contributed by atoms with E-state index in [2.05, 4.69) is 40.8 Å². The first kappa shape index (κ1) is 18.8. The number of aliphatic imine (C=N–C) groups is 1. The van der Waals surface area contributed by atoms with Crippen LogP contribution in [0.15, 0.2) is 41.4 Å². The third-order valence-corrected chi connectivity index (χ3v) is 3.54. The lowest BCUT2D eigenvalue weighted by Gasteiger charge is -2.17. The maximum absolute atomic E-state index is 5.78. The van der Waals surface area contributed by atoms with Crippen molar-refractivity contribution in [2.45, 2.75) is 32.2 Å². The predicted molar refractivity (Wildman–Crippen MR) is 103 cm³/mol. The average Bonchev–Trinajstić information content (AvgIpc) is 3.00. The first-order valence-corrected chi connectivity index (χ1v) is 7.60. The summed E-state index contributed by atoms with van der Waals surface area (Å²) in [5, 5.41) is 6.75. The van der Waals surface area contributed by atoms with Crippen LogP contribution in [0, 0.1) is 6.92 Å². The highest BCUT2D eigenvalue weighted by molar-refractivity contribution is 14.0. The van der Waals surface area contributed by atoms with Crippen LogP contribution in [0.25, 0.3) is 0 Å². The quantitative estimate of drug-likeness (QED) is 0.247. The number of hydrogen-bond acceptors (Lipinski definition) is 2. The highest BCUT2D eigenvalue weighted by atomic mass is 127. The summed E-state index contributed by atoms with van der Waals surface area (Å²) in [4.78, 5) is 4.25. The number of halogens is 1. The molecular formula is C17H26IN3O. The summed E-state index contributed by atoms with van der Waals surface area (Å²) in [6.45, 7) is 3.63. The number of nitrogens with zero attached hydrogens (tertiary/aromatic N) is 1. The van der Waals surface area contributed by atoms with Gasteiger partial charge in [-0.15, -0.1) is 24.0 Å². The molecule has 0 saturated carbocycles. The fraction of sp³-hybridized carbons (Fsp3) is 0.471. The van der Waals surface area contributed by atoms with E-state index in [9.17, 15) is 0 Å². The van der Waals surface area contributed by atoms with Gasteiger partial charge < -0.3 is 15.4 Å². The fourth-order valence-electron chi connectivity index (χ4n) is 2.30. The van der Waals surface area contributed by atoms with Crippen LogP contribution in [-0.2, 0) is 0 Å². The standard InChI is InChI=1S/C17H25N3O.HI/c1-14-8-3-6-11-16(14)21-13-7-12-19-17(18-2)20-15-9-4-5-10-15;/h3-6,8,11,15H,7,9-10,12-13H2,1-2H3,(H2,18,19,20);1H. The Kier molecular flexibility index (Phi) is 8.96. The van der Waals surface area contributed by atoms with E-state index in [0.717, 1.165) is 37.5 Å². The molecule has 2 rings (SSSR count). The molecule has 0 heterocycles. The molecule has 1 aliphatic rings. The van der Waals surface area contributed by atoms with Crippen molar-refractivity contribution in [1.82, 2.24) is 10.6 Å². The second-order valence-corrected chi connectivity index (χ2v) is 5.25. The molecule has 1 aromatic rings. The van der Waals surface area contributed by atoms with E-state index >= 15 is 0 Å². The Hall–Kier alpha value is -1.24. The zero-order valence-corrected chi connectivity index (χ0v) is 15.7. The maximum Gasteiger partial charge on any atom is 0.191 e. The van der Waals surface area contributed by atoms with Crippen molar-refractivity contribution in [3.63, 3.8) is 0 Å². The molecule has 1 aromatic carbocycles. The molecule has 0 unspecified atom stereocenters. The van der Waals surface area contributed by atoms with E-state index in [1.54, 1.807) is 0 Å². The summed E-state index contributed by atoms with van der Waals surface area (Å²) >= 11 is 0. The lowest BCUT2D eigenvalue weighted by molar-refractivity contribution is 0.309. The lowest BCUT2D eigenvalue weighted by Crippen LogP contribution is -2.42. The molecule has 1 aliphatic carbocycles. The topological polar surface area (TPSA) is 45.7 Å². The molecular weight excluding hydrogens is 389 g/mol. The third-order valence-electron chi connectivity index (χ3n) is 3.54. The van der Waals surface area contributed by atoms with E-state index in [1.807, 2.05) is 25.2 Å². The summed E-state index contributed by atoms with van der Waals surface area (Å²) < 4.78 is 5.78. The first-order chi connectivity index (χ1) is 10.3. The highest BCUT2D eigenvalue weighted by Crippen LogP contribution is 2.16. The van der Waals surface area contributed by atoms with Crippen molar-refractivity contribution in [3.8, 4) is 5.75 Å². The van der Waals surface area contributed by atoms with Gasteiger partial charge in [0.25, 0.3) is 0 Å². The van der Waals surface area contributed by atoms with Crippen LogP contribution in [0.2, 0.25) is 0 Å². The summed E-state index contributed by atoms with van der Waals surface area (Å²) in [5.41, 5.74) is 1.18. The molecule has 0 atom stereocenters. The largest absolute Gasteiger partial charge is 0.493 e. The van der Waals surface area contributed by atoms with Gasteiger partial charge in [-0.3, -0.25) is 4.99 Å². The van der Waals surface area contributed by atoms with Crippen LogP contribution in [0.3, 0.4) is 0 Å². The highest BCUT2D eigenvalue weighted by Gasteiger charge is 2.11. The fourth-order valence-corrected chi connectivity index (χ4v) is 2.30. The van der Waals surface area contributed by atoms with Crippen molar-refractivity contribution in [2.24, 2.45) is 4.99 Å². The minimum Gasteiger partial charge on any atom is -0.493 e. The Morgan fingerprint density at radius 3 is 2.68 bits per heavy atom. The number of ether oxygens (including phenoxy) is 1. The number of para-hydroxylation sites is 1. The van der Waals surface area contributed by atoms with Crippen LogP contribution in [0.4, 0.5) is 0 Å². The van der Waals surface area contributed by atoms with Crippen LogP contribution in [0.5, 0.6) is 5.75 Å². The van der Waals surface area contributed by atoms with Gasteiger partial charge in [0.15, 0.2) is 5.96 Å². The SMILES string of the molecule is CN=C(NCCCOc1ccccc1C)NC1CC=CC1.I. The van der Waals surface area contributed by atoms with Gasteiger partial charge in [-0.1, -0.05) is 30.4 Å². The Bertz CT molecular complexity index is 494. The van der Waals surface area contributed by atoms with E-state index in [-0.39, 0.29) is 24.0 Å². The van der Waals surface area contributed by atoms with Gasteiger partial charge >= 0.3 is 0 Å². The van der Waals surface area contributed by atoms with Crippen LogP contribution < -0.4 is 15.4 Å². The van der Waals surface area contributed by atoms with Gasteiger partial charge in [-0.05, 0) is 37.8 Å². The normalized spacial score (nSPS) is 14.5. The maximum atomic E-state index is 5.78. The third kappa shape index (κ3) is 6.25. The van der Waals surface area contributed by atoms with Gasteiger partial charge in [0.1, 0.15) is 5.75 Å². The van der Waals surface area contributed by atoms with Crippen LogP contribution in [-0.4, -0.2) is 32.2 Å². The number of hydrogen-bond donors (Lipinski definition) is 2. The van der Waals surface area contributed by atoms with Crippen molar-refractivity contribution >= 4 is 29.9 Å². The van der Waals surface area contributed by atoms with Crippen molar-refractivity contribution in [1.29, 1.82) is 0 Å². The average molecular weight is 415 g/mol. The number of rotatable bonds is 6. The van der Waals surface area contributed by atoms with Gasteiger partial charge in [0.05, 0.1) is 6.61 Å². The number of benzene rings is 1. The molecule has 4 nitrogen and oxygen atoms in total. The first-order valence-electron chi connectivity index (χ1n) is 7.60. The van der Waals surface area contributed by atoms with Crippen LogP contribution in [0.1, 0.15) is 24.8 Å². The Balaban J connectivity index is 0.00000242. The zero-order chi connectivity index (χ0) is 14.9. The molecule has 0 fully saturated rings. The predicted octanol–water partition coefficient (Wildman–Crippen LogP) is 3.27. The van der Waals surface area contributed by atoms with Gasteiger partial charge in [-0.2, -0.15) is 0 Å². The molecule has 122 valence electrons. The van der Waals surface area contributed by atoms with Gasteiger partial charge in [-0.25, -0.2) is 0 Å². The summed E-state index contributed by atoms with van der Waals surface area (Å²) in [6, 6.07) is 8.59. The van der Waals surface area contributed by atoms with E-state index < -0.39 is 0 Å². The number of nitrogens with one attached hydrogen (secondary N) is 2. The molecule has 0 aliphatic heterocycles. The second-order valence-electron chi connectivity index (χ2n) is 5.25. The molecule has 22 heavy (non-hydrogen) atoms. The molecule has 0 amide bonds.